The molecule has 3 N–H and O–H groups in total. The number of nitrogens with zero attached hydrogens (tertiary/aromatic N) is 1. The highest BCUT2D eigenvalue weighted by molar-refractivity contribution is 6.91. The van der Waals surface area contributed by atoms with Crippen LogP contribution in [0.2, 0.25) is 18.6 Å². The predicted molar refractivity (Wildman–Crippen MR) is 197 cm³/mol. The van der Waals surface area contributed by atoms with Crippen molar-refractivity contribution < 1.29 is 24.2 Å². The third kappa shape index (κ3) is 7.96. The molecule has 9 heteroatoms. The molecular weight excluding hydrogens is 631 g/mol. The first-order chi connectivity index (χ1) is 23.7. The second-order valence-electron chi connectivity index (χ2n) is 14.9. The molecule has 3 aromatic rings. The molecule has 49 heavy (non-hydrogen) atoms. The van der Waals surface area contributed by atoms with Crippen LogP contribution in [0.25, 0.3) is 0 Å². The van der Waals surface area contributed by atoms with Gasteiger partial charge in [0, 0.05) is 18.8 Å². The smallest absolute Gasteiger partial charge is 0.228 e. The summed E-state index contributed by atoms with van der Waals surface area (Å²) in [5, 5.41) is 18.0. The molecule has 0 aromatic heterocycles. The fourth-order valence-corrected chi connectivity index (χ4v) is 12.6. The Morgan fingerprint density at radius 1 is 1.02 bits per heavy atom. The zero-order chi connectivity index (χ0) is 34.5. The van der Waals surface area contributed by atoms with Gasteiger partial charge in [0.15, 0.2) is 0 Å². The number of methoxy groups -OCH3 is 1. The van der Waals surface area contributed by atoms with Gasteiger partial charge in [-0.15, -0.1) is 0 Å². The van der Waals surface area contributed by atoms with Gasteiger partial charge in [0.05, 0.1) is 52.4 Å². The van der Waals surface area contributed by atoms with Crippen molar-refractivity contribution in [2.24, 2.45) is 11.8 Å². The maximum Gasteiger partial charge on any atom is 0.228 e. The zero-order valence-corrected chi connectivity index (χ0v) is 30.5. The van der Waals surface area contributed by atoms with E-state index in [4.69, 9.17) is 9.47 Å². The number of nitrogens with one attached hydrogen (secondary N) is 2. The van der Waals surface area contributed by atoms with Crippen LogP contribution in [0.4, 0.5) is 5.69 Å². The minimum absolute atomic E-state index is 0.0155. The Balaban J connectivity index is 1.17. The number of aryl methyl sites for hydroxylation is 1. The summed E-state index contributed by atoms with van der Waals surface area (Å²) in [6.45, 7) is 9.31. The number of ether oxygens (including phenoxy) is 2. The van der Waals surface area contributed by atoms with Gasteiger partial charge in [0.2, 0.25) is 11.8 Å². The lowest BCUT2D eigenvalue weighted by Crippen LogP contribution is -2.52. The van der Waals surface area contributed by atoms with Gasteiger partial charge in [-0.25, -0.2) is 0 Å². The van der Waals surface area contributed by atoms with Gasteiger partial charge < -0.3 is 30.1 Å². The lowest BCUT2D eigenvalue weighted by molar-refractivity contribution is -0.138. The summed E-state index contributed by atoms with van der Waals surface area (Å²) in [5.74, 6) is 1.26. The molecule has 2 amide bonds. The number of carbonyl (C=O) groups is 2. The number of piperidine rings is 1. The van der Waals surface area contributed by atoms with Crippen molar-refractivity contribution in [3.8, 4) is 5.75 Å². The highest BCUT2D eigenvalue weighted by Gasteiger charge is 2.51. The van der Waals surface area contributed by atoms with E-state index in [0.29, 0.717) is 19.4 Å². The quantitative estimate of drug-likeness (QED) is 0.238. The van der Waals surface area contributed by atoms with E-state index < -0.39 is 8.07 Å². The van der Waals surface area contributed by atoms with Gasteiger partial charge >= 0.3 is 0 Å². The molecule has 2 saturated heterocycles. The van der Waals surface area contributed by atoms with Gasteiger partial charge in [-0.05, 0) is 91.1 Å². The summed E-state index contributed by atoms with van der Waals surface area (Å²) in [5.41, 5.74) is 4.62. The third-order valence-corrected chi connectivity index (χ3v) is 15.8. The standard InChI is InChI=1S/C40H53N3O5Si/c1-27-36(20-13-28-11-14-32(15-12-28)42-40(46)30-10-7-21-41-24-30)48-37(39(27)49(3,4)35-18-16-34(47-2)17-19-35)23-38(45)43-25-31-9-6-5-8-29(31)22-33(43)26-44/h5-6,8-9,11-12,14-19,27,30,33,36-37,39,41,44H,7,10,13,20-26H2,1-4H3,(H,42,46)/t27-,30?,33+,36+,37-,39+/m1/s1. The maximum atomic E-state index is 14.1. The molecule has 0 saturated carbocycles. The van der Waals surface area contributed by atoms with E-state index in [1.165, 1.54) is 16.3 Å². The zero-order valence-electron chi connectivity index (χ0n) is 29.5. The van der Waals surface area contributed by atoms with Crippen LogP contribution in [0.15, 0.2) is 72.8 Å². The average Bonchev–Trinajstić information content (AvgIpc) is 3.45. The van der Waals surface area contributed by atoms with E-state index in [0.717, 1.165) is 55.8 Å². The number of aliphatic hydroxyl groups excluding tert-OH is 1. The Morgan fingerprint density at radius 3 is 2.43 bits per heavy atom. The summed E-state index contributed by atoms with van der Waals surface area (Å²) in [6.07, 6.45) is 4.44. The molecule has 8 nitrogen and oxygen atoms in total. The molecule has 1 unspecified atom stereocenters. The van der Waals surface area contributed by atoms with Gasteiger partial charge in [-0.3, -0.25) is 9.59 Å². The molecule has 3 aliphatic rings. The van der Waals surface area contributed by atoms with E-state index in [2.05, 4.69) is 67.0 Å². The Kier molecular flexibility index (Phi) is 11.2. The van der Waals surface area contributed by atoms with Crippen molar-refractivity contribution in [1.82, 2.24) is 10.2 Å². The molecule has 0 bridgehead atoms. The topological polar surface area (TPSA) is 100 Å². The van der Waals surface area contributed by atoms with E-state index in [1.54, 1.807) is 7.11 Å². The Labute approximate surface area is 292 Å². The molecular formula is C40H53N3O5Si. The summed E-state index contributed by atoms with van der Waals surface area (Å²) in [6, 6.07) is 24.7. The number of hydrogen-bond donors (Lipinski definition) is 3. The monoisotopic (exact) mass is 683 g/mol. The average molecular weight is 684 g/mol. The molecule has 0 aliphatic carbocycles. The van der Waals surface area contributed by atoms with Crippen molar-refractivity contribution >= 4 is 30.8 Å². The first-order valence-electron chi connectivity index (χ1n) is 18.1. The van der Waals surface area contributed by atoms with Crippen molar-refractivity contribution in [3.63, 3.8) is 0 Å². The summed E-state index contributed by atoms with van der Waals surface area (Å²) < 4.78 is 12.4. The number of rotatable bonds is 11. The molecule has 3 aliphatic heterocycles. The lowest BCUT2D eigenvalue weighted by atomic mass is 9.93. The van der Waals surface area contributed by atoms with Crippen molar-refractivity contribution in [3.05, 3.63) is 89.5 Å². The van der Waals surface area contributed by atoms with E-state index >= 15 is 0 Å². The second kappa shape index (κ2) is 15.6. The number of anilines is 1. The lowest BCUT2D eigenvalue weighted by Gasteiger charge is -2.39. The summed E-state index contributed by atoms with van der Waals surface area (Å²) >= 11 is 0. The largest absolute Gasteiger partial charge is 0.497 e. The number of amides is 2. The number of benzene rings is 3. The molecule has 3 aromatic carbocycles. The Morgan fingerprint density at radius 2 is 1.76 bits per heavy atom. The highest BCUT2D eigenvalue weighted by Crippen LogP contribution is 2.47. The fraction of sp³-hybridized carbons (Fsp3) is 0.500. The maximum absolute atomic E-state index is 14.1. The first kappa shape index (κ1) is 35.3. The van der Waals surface area contributed by atoms with Crippen LogP contribution in [0, 0.1) is 11.8 Å². The van der Waals surface area contributed by atoms with E-state index in [-0.39, 0.29) is 54.0 Å². The second-order valence-corrected chi connectivity index (χ2v) is 19.5. The van der Waals surface area contributed by atoms with Gasteiger partial charge in [0.1, 0.15) is 5.75 Å². The van der Waals surface area contributed by atoms with Crippen LogP contribution in [0.1, 0.15) is 49.3 Å². The van der Waals surface area contributed by atoms with Crippen LogP contribution < -0.4 is 20.6 Å². The number of hydrogen-bond acceptors (Lipinski definition) is 6. The minimum atomic E-state index is -2.14. The van der Waals surface area contributed by atoms with Crippen LogP contribution >= 0.6 is 0 Å². The van der Waals surface area contributed by atoms with E-state index in [9.17, 15) is 14.7 Å². The minimum Gasteiger partial charge on any atom is -0.497 e. The van der Waals surface area contributed by atoms with Gasteiger partial charge in [-0.1, -0.05) is 73.7 Å². The Bertz CT molecular complexity index is 1570. The Hall–Kier alpha value is -3.50. The van der Waals surface area contributed by atoms with Gasteiger partial charge in [-0.2, -0.15) is 0 Å². The van der Waals surface area contributed by atoms with Crippen LogP contribution in [-0.2, 0) is 33.7 Å². The highest BCUT2D eigenvalue weighted by atomic mass is 28.3. The van der Waals surface area contributed by atoms with Crippen LogP contribution in [0.3, 0.4) is 0 Å². The number of fused-ring (bicyclic) bond motifs is 1. The molecule has 262 valence electrons. The van der Waals surface area contributed by atoms with Crippen molar-refractivity contribution in [2.75, 3.05) is 32.1 Å². The predicted octanol–water partition coefficient (Wildman–Crippen LogP) is 5.29. The summed E-state index contributed by atoms with van der Waals surface area (Å²) in [7, 11) is -0.452. The van der Waals surface area contributed by atoms with Crippen molar-refractivity contribution in [2.45, 2.75) is 88.9 Å². The molecule has 2 fully saturated rings. The normalized spacial score (nSPS) is 25.4. The molecule has 0 radical (unpaired) electrons. The molecule has 0 spiro atoms. The van der Waals surface area contributed by atoms with Crippen LogP contribution in [-0.4, -0.2) is 75.0 Å². The SMILES string of the molecule is COc1ccc([Si](C)(C)[C@H]2[C@H](C)[C@H](CCc3ccc(NC(=O)C4CCCNC4)cc3)O[C@@H]2CC(=O)N2Cc3ccccc3C[C@H]2CO)cc1. The molecule has 6 atom stereocenters. The number of aliphatic hydroxyl groups is 1. The third-order valence-electron chi connectivity index (χ3n) is 11.4. The number of carbonyl (C=O) groups excluding carboxylic acids is 2. The van der Waals surface area contributed by atoms with E-state index in [1.807, 2.05) is 41.3 Å². The summed E-state index contributed by atoms with van der Waals surface area (Å²) in [4.78, 5) is 28.7. The molecule has 6 rings (SSSR count). The van der Waals surface area contributed by atoms with Crippen LogP contribution in [0.5, 0.6) is 5.75 Å². The first-order valence-corrected chi connectivity index (χ1v) is 21.1. The van der Waals surface area contributed by atoms with Gasteiger partial charge in [0.25, 0.3) is 0 Å². The molecule has 3 heterocycles. The van der Waals surface area contributed by atoms with Crippen molar-refractivity contribution in [1.29, 1.82) is 0 Å². The fourth-order valence-electron chi connectivity index (χ4n) is 8.56.